The third kappa shape index (κ3) is 6.57. The van der Waals surface area contributed by atoms with Crippen molar-refractivity contribution in [3.63, 3.8) is 0 Å². The van der Waals surface area contributed by atoms with Crippen LogP contribution in [-0.2, 0) is 22.7 Å². The van der Waals surface area contributed by atoms with Crippen LogP contribution in [0, 0.1) is 5.92 Å². The molecule has 3 aromatic rings. The lowest BCUT2D eigenvalue weighted by molar-refractivity contribution is -0.145. The number of amides is 1. The van der Waals surface area contributed by atoms with E-state index < -0.39 is 0 Å². The SMILES string of the molecule is O=C(CCCCCN1CCC(CNC(=O)c2c3n(c4ccccc24)CCCO3)CC1)OCc1ccccc1. The van der Waals surface area contributed by atoms with Crippen LogP contribution < -0.4 is 10.1 Å². The summed E-state index contributed by atoms with van der Waals surface area (Å²) in [6.07, 6.45) is 6.65. The molecule has 0 radical (unpaired) electrons. The van der Waals surface area contributed by atoms with Crippen molar-refractivity contribution in [3.8, 4) is 5.88 Å². The van der Waals surface area contributed by atoms with E-state index in [0.717, 1.165) is 81.2 Å². The minimum atomic E-state index is -0.114. The highest BCUT2D eigenvalue weighted by Crippen LogP contribution is 2.34. The van der Waals surface area contributed by atoms with Gasteiger partial charge in [-0.2, -0.15) is 0 Å². The molecule has 0 unspecified atom stereocenters. The van der Waals surface area contributed by atoms with E-state index in [9.17, 15) is 9.59 Å². The van der Waals surface area contributed by atoms with Gasteiger partial charge in [0.2, 0.25) is 5.88 Å². The summed E-state index contributed by atoms with van der Waals surface area (Å²) >= 11 is 0. The van der Waals surface area contributed by atoms with Gasteiger partial charge in [0.05, 0.1) is 12.1 Å². The number of esters is 1. The van der Waals surface area contributed by atoms with Gasteiger partial charge in [-0.25, -0.2) is 0 Å². The number of nitrogens with zero attached hydrogens (tertiary/aromatic N) is 2. The average Bonchev–Trinajstić information content (AvgIpc) is 3.30. The third-order valence-corrected chi connectivity index (χ3v) is 7.77. The molecule has 202 valence electrons. The van der Waals surface area contributed by atoms with Gasteiger partial charge in [-0.1, -0.05) is 55.0 Å². The zero-order chi connectivity index (χ0) is 26.2. The Bertz CT molecular complexity index is 1210. The Kier molecular flexibility index (Phi) is 8.97. The Hall–Kier alpha value is -3.32. The summed E-state index contributed by atoms with van der Waals surface area (Å²) in [6.45, 7) is 5.80. The fourth-order valence-corrected chi connectivity index (χ4v) is 5.59. The van der Waals surface area contributed by atoms with E-state index in [4.69, 9.17) is 9.47 Å². The molecule has 5 rings (SSSR count). The number of para-hydroxylation sites is 1. The number of fused-ring (bicyclic) bond motifs is 3. The first-order chi connectivity index (χ1) is 18.7. The molecule has 1 fully saturated rings. The molecule has 7 nitrogen and oxygen atoms in total. The molecule has 3 heterocycles. The predicted molar refractivity (Wildman–Crippen MR) is 148 cm³/mol. The number of ether oxygens (including phenoxy) is 2. The maximum Gasteiger partial charge on any atom is 0.306 e. The Morgan fingerprint density at radius 3 is 2.58 bits per heavy atom. The second-order valence-corrected chi connectivity index (χ2v) is 10.5. The number of carbonyl (C=O) groups excluding carboxylic acids is 2. The van der Waals surface area contributed by atoms with Crippen LogP contribution in [0.3, 0.4) is 0 Å². The Balaban J connectivity index is 0.978. The standard InChI is InChI=1S/C31H39N3O4/c35-28(38-23-25-10-3-1-4-11-25)14-5-2-8-17-33-19-15-24(16-20-33)22-32-30(36)29-26-12-6-7-13-27(26)34-18-9-21-37-31(29)34/h1,3-4,6-7,10-13,24H,2,5,8-9,14-23H2,(H,32,36). The van der Waals surface area contributed by atoms with Crippen LogP contribution in [0.5, 0.6) is 5.88 Å². The Morgan fingerprint density at radius 1 is 0.947 bits per heavy atom. The van der Waals surface area contributed by atoms with Crippen LogP contribution in [0.4, 0.5) is 0 Å². The topological polar surface area (TPSA) is 72.8 Å². The van der Waals surface area contributed by atoms with Crippen molar-refractivity contribution < 1.29 is 19.1 Å². The minimum absolute atomic E-state index is 0.0263. The van der Waals surface area contributed by atoms with E-state index in [0.29, 0.717) is 43.5 Å². The van der Waals surface area contributed by atoms with E-state index in [1.54, 1.807) is 0 Å². The van der Waals surface area contributed by atoms with E-state index in [1.165, 1.54) is 0 Å². The van der Waals surface area contributed by atoms with Crippen LogP contribution in [0.1, 0.15) is 60.9 Å². The first kappa shape index (κ1) is 26.3. The van der Waals surface area contributed by atoms with Crippen molar-refractivity contribution in [3.05, 3.63) is 65.7 Å². The highest BCUT2D eigenvalue weighted by Gasteiger charge is 2.27. The van der Waals surface area contributed by atoms with Crippen LogP contribution in [0.2, 0.25) is 0 Å². The molecule has 38 heavy (non-hydrogen) atoms. The van der Waals surface area contributed by atoms with Gasteiger partial charge in [0.1, 0.15) is 12.2 Å². The van der Waals surface area contributed by atoms with Crippen molar-refractivity contribution in [2.45, 2.75) is 58.1 Å². The second kappa shape index (κ2) is 13.0. The number of aryl methyl sites for hydroxylation is 1. The molecule has 2 aliphatic rings. The maximum absolute atomic E-state index is 13.2. The summed E-state index contributed by atoms with van der Waals surface area (Å²) in [6, 6.07) is 17.9. The van der Waals surface area contributed by atoms with Gasteiger partial charge in [-0.3, -0.25) is 9.59 Å². The number of benzene rings is 2. The number of likely N-dealkylation sites (tertiary alicyclic amines) is 1. The van der Waals surface area contributed by atoms with Gasteiger partial charge in [-0.05, 0) is 69.3 Å². The van der Waals surface area contributed by atoms with Gasteiger partial charge in [0.25, 0.3) is 5.91 Å². The number of carbonyl (C=O) groups is 2. The maximum atomic E-state index is 13.2. The number of unbranched alkanes of at least 4 members (excludes halogenated alkanes) is 2. The van der Waals surface area contributed by atoms with Gasteiger partial charge >= 0.3 is 5.97 Å². The number of hydrogen-bond acceptors (Lipinski definition) is 5. The Labute approximate surface area is 225 Å². The van der Waals surface area contributed by atoms with E-state index in [1.807, 2.05) is 48.5 Å². The molecule has 1 aromatic heterocycles. The van der Waals surface area contributed by atoms with Crippen LogP contribution >= 0.6 is 0 Å². The number of aromatic nitrogens is 1. The summed E-state index contributed by atoms with van der Waals surface area (Å²) in [7, 11) is 0. The molecule has 2 aliphatic heterocycles. The minimum Gasteiger partial charge on any atom is -0.478 e. The van der Waals surface area contributed by atoms with Crippen LogP contribution in [-0.4, -0.2) is 54.1 Å². The lowest BCUT2D eigenvalue weighted by Gasteiger charge is -2.32. The fraction of sp³-hybridized carbons (Fsp3) is 0.484. The quantitative estimate of drug-likeness (QED) is 0.281. The average molecular weight is 518 g/mol. The molecule has 0 bridgehead atoms. The molecular weight excluding hydrogens is 478 g/mol. The summed E-state index contributed by atoms with van der Waals surface area (Å²) < 4.78 is 13.4. The monoisotopic (exact) mass is 517 g/mol. The molecule has 2 aromatic carbocycles. The first-order valence-corrected chi connectivity index (χ1v) is 14.1. The second-order valence-electron chi connectivity index (χ2n) is 10.5. The normalized spacial score (nSPS) is 16.1. The fourth-order valence-electron chi connectivity index (χ4n) is 5.59. The summed E-state index contributed by atoms with van der Waals surface area (Å²) in [4.78, 5) is 27.7. The van der Waals surface area contributed by atoms with Gasteiger partial charge in [0.15, 0.2) is 0 Å². The smallest absolute Gasteiger partial charge is 0.306 e. The Morgan fingerprint density at radius 2 is 1.74 bits per heavy atom. The number of nitrogens with one attached hydrogen (secondary N) is 1. The van der Waals surface area contributed by atoms with Crippen molar-refractivity contribution in [1.29, 1.82) is 0 Å². The number of hydrogen-bond donors (Lipinski definition) is 1. The number of rotatable bonds is 11. The lowest BCUT2D eigenvalue weighted by Crippen LogP contribution is -2.39. The number of piperidine rings is 1. The summed E-state index contributed by atoms with van der Waals surface area (Å²) in [5.41, 5.74) is 2.78. The van der Waals surface area contributed by atoms with E-state index in [2.05, 4.69) is 20.9 Å². The van der Waals surface area contributed by atoms with Crippen molar-refractivity contribution >= 4 is 22.8 Å². The molecule has 1 N–H and O–H groups in total. The lowest BCUT2D eigenvalue weighted by atomic mass is 9.96. The van der Waals surface area contributed by atoms with E-state index in [-0.39, 0.29) is 11.9 Å². The van der Waals surface area contributed by atoms with Crippen LogP contribution in [0.25, 0.3) is 10.9 Å². The van der Waals surface area contributed by atoms with Crippen molar-refractivity contribution in [2.75, 3.05) is 32.8 Å². The molecule has 1 amide bonds. The molecule has 0 spiro atoms. The molecule has 0 aliphatic carbocycles. The zero-order valence-electron chi connectivity index (χ0n) is 22.2. The van der Waals surface area contributed by atoms with Crippen LogP contribution in [0.15, 0.2) is 54.6 Å². The largest absolute Gasteiger partial charge is 0.478 e. The van der Waals surface area contributed by atoms with Crippen molar-refractivity contribution in [1.82, 2.24) is 14.8 Å². The molecule has 0 saturated carbocycles. The zero-order valence-corrected chi connectivity index (χ0v) is 22.2. The molecule has 1 saturated heterocycles. The first-order valence-electron chi connectivity index (χ1n) is 14.1. The highest BCUT2D eigenvalue weighted by molar-refractivity contribution is 6.09. The van der Waals surface area contributed by atoms with E-state index >= 15 is 0 Å². The van der Waals surface area contributed by atoms with Gasteiger partial charge in [0, 0.05) is 24.9 Å². The summed E-state index contributed by atoms with van der Waals surface area (Å²) in [5, 5.41) is 4.18. The van der Waals surface area contributed by atoms with Crippen molar-refractivity contribution in [2.24, 2.45) is 5.92 Å². The molecular formula is C31H39N3O4. The summed E-state index contributed by atoms with van der Waals surface area (Å²) in [5.74, 6) is 1.08. The van der Waals surface area contributed by atoms with Gasteiger partial charge in [-0.15, -0.1) is 0 Å². The predicted octanol–water partition coefficient (Wildman–Crippen LogP) is 5.17. The molecule has 7 heteroatoms. The molecule has 0 atom stereocenters. The highest BCUT2D eigenvalue weighted by atomic mass is 16.5. The third-order valence-electron chi connectivity index (χ3n) is 7.77. The van der Waals surface area contributed by atoms with Gasteiger partial charge < -0.3 is 24.3 Å².